The fourth-order valence-electron chi connectivity index (χ4n) is 1.18. The van der Waals surface area contributed by atoms with Gasteiger partial charge in [-0.2, -0.15) is 13.2 Å². The van der Waals surface area contributed by atoms with E-state index in [2.05, 4.69) is 10.6 Å². The van der Waals surface area contributed by atoms with Crippen molar-refractivity contribution in [1.29, 1.82) is 0 Å². The van der Waals surface area contributed by atoms with E-state index >= 15 is 0 Å². The predicted molar refractivity (Wildman–Crippen MR) is 55.9 cm³/mol. The van der Waals surface area contributed by atoms with Crippen LogP contribution in [0.2, 0.25) is 0 Å². The molecule has 2 nitrogen and oxygen atoms in total. The average molecular weight is 226 g/mol. The molecule has 1 atom stereocenters. The zero-order valence-corrected chi connectivity index (χ0v) is 9.83. The van der Waals surface area contributed by atoms with E-state index in [-0.39, 0.29) is 5.54 Å². The lowest BCUT2D eigenvalue weighted by Crippen LogP contribution is -2.42. The Labute approximate surface area is 89.6 Å². The molecule has 0 bridgehead atoms. The van der Waals surface area contributed by atoms with E-state index in [0.717, 1.165) is 0 Å². The smallest absolute Gasteiger partial charge is 0.313 e. The Morgan fingerprint density at radius 1 is 1.07 bits per heavy atom. The molecule has 5 heteroatoms. The summed E-state index contributed by atoms with van der Waals surface area (Å²) in [6, 6.07) is -0.522. The first kappa shape index (κ1) is 14.7. The van der Waals surface area contributed by atoms with Crippen molar-refractivity contribution in [2.75, 3.05) is 13.1 Å². The van der Waals surface area contributed by atoms with Crippen LogP contribution >= 0.6 is 0 Å². The molecule has 0 saturated heterocycles. The molecule has 92 valence electrons. The van der Waals surface area contributed by atoms with Gasteiger partial charge in [0.1, 0.15) is 0 Å². The van der Waals surface area contributed by atoms with Gasteiger partial charge in [-0.25, -0.2) is 0 Å². The van der Waals surface area contributed by atoms with Gasteiger partial charge in [0.25, 0.3) is 0 Å². The largest absolute Gasteiger partial charge is 0.390 e. The molecule has 0 aromatic carbocycles. The first-order valence-corrected chi connectivity index (χ1v) is 5.15. The Morgan fingerprint density at radius 3 is 2.00 bits per heavy atom. The summed E-state index contributed by atoms with van der Waals surface area (Å²) in [7, 11) is 0. The maximum Gasteiger partial charge on any atom is 0.390 e. The van der Waals surface area contributed by atoms with Gasteiger partial charge in [0.05, 0.1) is 6.42 Å². The Bertz CT molecular complexity index is 172. The van der Waals surface area contributed by atoms with Crippen molar-refractivity contribution in [3.8, 4) is 0 Å². The van der Waals surface area contributed by atoms with Crippen LogP contribution in [0, 0.1) is 0 Å². The summed E-state index contributed by atoms with van der Waals surface area (Å²) in [6.45, 7) is 8.83. The van der Waals surface area contributed by atoms with Crippen LogP contribution in [0.1, 0.15) is 34.1 Å². The van der Waals surface area contributed by atoms with Crippen molar-refractivity contribution in [3.63, 3.8) is 0 Å². The SMILES string of the molecule is CC(CC(F)(F)F)NCCNC(C)(C)C. The van der Waals surface area contributed by atoms with Crippen LogP contribution in [0.4, 0.5) is 13.2 Å². The minimum Gasteiger partial charge on any atom is -0.313 e. The van der Waals surface area contributed by atoms with Crippen LogP contribution in [-0.4, -0.2) is 30.8 Å². The maximum atomic E-state index is 11.9. The van der Waals surface area contributed by atoms with Crippen LogP contribution in [0.5, 0.6) is 0 Å². The third kappa shape index (κ3) is 11.6. The van der Waals surface area contributed by atoms with Gasteiger partial charge in [-0.15, -0.1) is 0 Å². The van der Waals surface area contributed by atoms with Crippen LogP contribution in [0.3, 0.4) is 0 Å². The van der Waals surface area contributed by atoms with Crippen LogP contribution < -0.4 is 10.6 Å². The van der Waals surface area contributed by atoms with Crippen molar-refractivity contribution in [2.24, 2.45) is 0 Å². The van der Waals surface area contributed by atoms with E-state index in [0.29, 0.717) is 13.1 Å². The molecule has 0 aliphatic carbocycles. The molecule has 0 fully saturated rings. The zero-order valence-electron chi connectivity index (χ0n) is 9.83. The summed E-state index contributed by atoms with van der Waals surface area (Å²) in [6.07, 6.45) is -4.85. The van der Waals surface area contributed by atoms with E-state index in [9.17, 15) is 13.2 Å². The molecule has 0 amide bonds. The lowest BCUT2D eigenvalue weighted by molar-refractivity contribution is -0.138. The maximum absolute atomic E-state index is 11.9. The van der Waals surface area contributed by atoms with Crippen LogP contribution in [0.15, 0.2) is 0 Å². The summed E-state index contributed by atoms with van der Waals surface area (Å²) < 4.78 is 35.8. The third-order valence-electron chi connectivity index (χ3n) is 1.81. The van der Waals surface area contributed by atoms with Crippen molar-refractivity contribution in [1.82, 2.24) is 10.6 Å². The molecule has 0 aromatic rings. The number of hydrogen-bond donors (Lipinski definition) is 2. The number of alkyl halides is 3. The quantitative estimate of drug-likeness (QED) is 0.703. The van der Waals surface area contributed by atoms with E-state index < -0.39 is 18.6 Å². The van der Waals surface area contributed by atoms with Crippen LogP contribution in [-0.2, 0) is 0 Å². The molecular weight excluding hydrogens is 205 g/mol. The van der Waals surface area contributed by atoms with E-state index in [4.69, 9.17) is 0 Å². The Morgan fingerprint density at radius 2 is 1.60 bits per heavy atom. The lowest BCUT2D eigenvalue weighted by atomic mass is 10.1. The molecule has 0 aliphatic rings. The molecule has 0 saturated carbocycles. The Hall–Kier alpha value is -0.290. The second kappa shape index (κ2) is 5.70. The van der Waals surface area contributed by atoms with Crippen LogP contribution in [0.25, 0.3) is 0 Å². The molecule has 0 rings (SSSR count). The zero-order chi connectivity index (χ0) is 12.1. The normalized spacial score (nSPS) is 15.4. The van der Waals surface area contributed by atoms with Crippen molar-refractivity contribution < 1.29 is 13.2 Å². The van der Waals surface area contributed by atoms with Gasteiger partial charge in [-0.1, -0.05) is 0 Å². The number of hydrogen-bond acceptors (Lipinski definition) is 2. The summed E-state index contributed by atoms with van der Waals surface area (Å²) in [4.78, 5) is 0. The van der Waals surface area contributed by atoms with E-state index in [1.54, 1.807) is 6.92 Å². The number of rotatable bonds is 5. The predicted octanol–water partition coefficient (Wildman–Crippen LogP) is 2.31. The third-order valence-corrected chi connectivity index (χ3v) is 1.81. The molecule has 2 N–H and O–H groups in total. The standard InChI is InChI=1S/C10H21F3N2/c1-8(7-10(11,12)13)14-5-6-15-9(2,3)4/h8,14-15H,5-7H2,1-4H3. The summed E-state index contributed by atoms with van der Waals surface area (Å²) in [5.74, 6) is 0. The molecular formula is C10H21F3N2. The van der Waals surface area contributed by atoms with Gasteiger partial charge in [0.2, 0.25) is 0 Å². The molecule has 0 aromatic heterocycles. The molecule has 0 aliphatic heterocycles. The molecule has 0 radical (unpaired) electrons. The highest BCUT2D eigenvalue weighted by Crippen LogP contribution is 2.20. The molecule has 0 spiro atoms. The van der Waals surface area contributed by atoms with Crippen molar-refractivity contribution >= 4 is 0 Å². The van der Waals surface area contributed by atoms with Gasteiger partial charge in [-0.05, 0) is 27.7 Å². The van der Waals surface area contributed by atoms with Crippen molar-refractivity contribution in [3.05, 3.63) is 0 Å². The van der Waals surface area contributed by atoms with E-state index in [1.807, 2.05) is 20.8 Å². The van der Waals surface area contributed by atoms with Gasteiger partial charge >= 0.3 is 6.18 Å². The number of halogens is 3. The second-order valence-electron chi connectivity index (χ2n) is 4.85. The minimum absolute atomic E-state index is 0.00887. The average Bonchev–Trinajstić information content (AvgIpc) is 1.92. The van der Waals surface area contributed by atoms with Gasteiger partial charge in [0.15, 0.2) is 0 Å². The number of nitrogens with one attached hydrogen (secondary N) is 2. The first-order valence-electron chi connectivity index (χ1n) is 5.15. The van der Waals surface area contributed by atoms with Gasteiger partial charge in [-0.3, -0.25) is 0 Å². The topological polar surface area (TPSA) is 24.1 Å². The van der Waals surface area contributed by atoms with Gasteiger partial charge < -0.3 is 10.6 Å². The lowest BCUT2D eigenvalue weighted by Gasteiger charge is -2.22. The fraction of sp³-hybridized carbons (Fsp3) is 1.00. The summed E-state index contributed by atoms with van der Waals surface area (Å²) >= 11 is 0. The Kier molecular flexibility index (Phi) is 5.59. The highest BCUT2D eigenvalue weighted by Gasteiger charge is 2.29. The summed E-state index contributed by atoms with van der Waals surface area (Å²) in [5, 5.41) is 6.03. The Balaban J connectivity index is 3.52. The molecule has 0 heterocycles. The molecule has 15 heavy (non-hydrogen) atoms. The van der Waals surface area contributed by atoms with E-state index in [1.165, 1.54) is 0 Å². The summed E-state index contributed by atoms with van der Waals surface area (Å²) in [5.41, 5.74) is 0.00887. The highest BCUT2D eigenvalue weighted by molar-refractivity contribution is 4.72. The fourth-order valence-corrected chi connectivity index (χ4v) is 1.18. The molecule has 1 unspecified atom stereocenters. The highest BCUT2D eigenvalue weighted by atomic mass is 19.4. The second-order valence-corrected chi connectivity index (χ2v) is 4.85. The van der Waals surface area contributed by atoms with Crippen molar-refractivity contribution in [2.45, 2.75) is 51.9 Å². The monoisotopic (exact) mass is 226 g/mol. The first-order chi connectivity index (χ1) is 6.60. The minimum atomic E-state index is -4.08. The van der Waals surface area contributed by atoms with Gasteiger partial charge in [0, 0.05) is 24.7 Å².